The summed E-state index contributed by atoms with van der Waals surface area (Å²) >= 11 is 0. The van der Waals surface area contributed by atoms with Crippen molar-refractivity contribution in [1.82, 2.24) is 4.57 Å². The van der Waals surface area contributed by atoms with Crippen LogP contribution in [0, 0.1) is 17.6 Å². The lowest BCUT2D eigenvalue weighted by atomic mass is 10.1. The van der Waals surface area contributed by atoms with Crippen molar-refractivity contribution in [2.24, 2.45) is 5.92 Å². The van der Waals surface area contributed by atoms with Crippen molar-refractivity contribution in [3.8, 4) is 0 Å². The van der Waals surface area contributed by atoms with Gasteiger partial charge in [-0.2, -0.15) is 0 Å². The summed E-state index contributed by atoms with van der Waals surface area (Å²) in [5.41, 5.74) is 1.22. The van der Waals surface area contributed by atoms with E-state index in [9.17, 15) is 13.6 Å². The molecule has 2 nitrogen and oxygen atoms in total. The van der Waals surface area contributed by atoms with Gasteiger partial charge in [0.1, 0.15) is 11.6 Å². The second-order valence-corrected chi connectivity index (χ2v) is 4.99. The molecule has 2 aromatic rings. The van der Waals surface area contributed by atoms with Crippen molar-refractivity contribution in [2.45, 2.75) is 19.4 Å². The van der Waals surface area contributed by atoms with Gasteiger partial charge in [-0.05, 0) is 36.6 Å². The first-order valence-electron chi connectivity index (χ1n) is 6.27. The van der Waals surface area contributed by atoms with Gasteiger partial charge in [-0.15, -0.1) is 0 Å². The molecule has 0 saturated heterocycles. The van der Waals surface area contributed by atoms with E-state index in [-0.39, 0.29) is 11.7 Å². The monoisotopic (exact) mass is 261 g/mol. The molecule has 0 bridgehead atoms. The molecule has 98 valence electrons. The van der Waals surface area contributed by atoms with E-state index in [1.807, 2.05) is 0 Å². The van der Waals surface area contributed by atoms with Gasteiger partial charge in [0.05, 0.1) is 0 Å². The van der Waals surface area contributed by atoms with E-state index in [0.717, 1.165) is 18.9 Å². The predicted molar refractivity (Wildman–Crippen MR) is 66.9 cm³/mol. The van der Waals surface area contributed by atoms with Crippen molar-refractivity contribution in [3.63, 3.8) is 0 Å². The molecule has 0 aliphatic heterocycles. The Kier molecular flexibility index (Phi) is 2.93. The number of Topliss-reactive ketones (excluding diaryl/α,β-unsaturated/α-hetero) is 1. The number of hydrogen-bond donors (Lipinski definition) is 0. The number of ketones is 1. The third-order valence-corrected chi connectivity index (χ3v) is 3.27. The van der Waals surface area contributed by atoms with E-state index in [1.165, 1.54) is 12.1 Å². The zero-order valence-electron chi connectivity index (χ0n) is 10.3. The van der Waals surface area contributed by atoms with Crippen LogP contribution in [0.5, 0.6) is 0 Å². The first kappa shape index (κ1) is 12.1. The van der Waals surface area contributed by atoms with Gasteiger partial charge >= 0.3 is 0 Å². The van der Waals surface area contributed by atoms with Gasteiger partial charge in [-0.3, -0.25) is 4.79 Å². The van der Waals surface area contributed by atoms with Gasteiger partial charge < -0.3 is 4.57 Å². The summed E-state index contributed by atoms with van der Waals surface area (Å²) in [6.07, 6.45) is 5.44. The normalized spacial score (nSPS) is 14.6. The van der Waals surface area contributed by atoms with Crippen LogP contribution >= 0.6 is 0 Å². The minimum Gasteiger partial charge on any atom is -0.349 e. The second kappa shape index (κ2) is 4.61. The fraction of sp³-hybridized carbons (Fsp3) is 0.267. The Balaban J connectivity index is 1.77. The minimum absolute atomic E-state index is 0.171. The van der Waals surface area contributed by atoms with Gasteiger partial charge in [-0.25, -0.2) is 8.78 Å². The number of hydrogen-bond acceptors (Lipinski definition) is 1. The van der Waals surface area contributed by atoms with Crippen molar-refractivity contribution in [3.05, 3.63) is 59.4 Å². The fourth-order valence-corrected chi connectivity index (χ4v) is 2.18. The zero-order valence-corrected chi connectivity index (χ0v) is 10.3. The average Bonchev–Trinajstić information content (AvgIpc) is 3.08. The van der Waals surface area contributed by atoms with Crippen LogP contribution in [0.4, 0.5) is 8.78 Å². The maximum atomic E-state index is 13.1. The van der Waals surface area contributed by atoms with Crippen molar-refractivity contribution < 1.29 is 13.6 Å². The standard InChI is InChI=1S/C15H13F2NO/c16-13-5-10(6-14(17)7-13)8-18-4-3-12(9-18)15(19)11-1-2-11/h3-7,9,11H,1-2,8H2. The molecule has 1 fully saturated rings. The fourth-order valence-electron chi connectivity index (χ4n) is 2.18. The molecule has 1 aliphatic rings. The Morgan fingerprint density at radius 3 is 2.53 bits per heavy atom. The Labute approximate surface area is 109 Å². The largest absolute Gasteiger partial charge is 0.349 e. The highest BCUT2D eigenvalue weighted by Crippen LogP contribution is 2.32. The number of carbonyl (C=O) groups excluding carboxylic acids is 1. The molecular weight excluding hydrogens is 248 g/mol. The Morgan fingerprint density at radius 2 is 1.89 bits per heavy atom. The lowest BCUT2D eigenvalue weighted by Crippen LogP contribution is -2.01. The SMILES string of the molecule is O=C(c1ccn(Cc2cc(F)cc(F)c2)c1)C1CC1. The summed E-state index contributed by atoms with van der Waals surface area (Å²) in [4.78, 5) is 11.8. The molecule has 0 amide bonds. The van der Waals surface area contributed by atoms with E-state index in [1.54, 1.807) is 23.0 Å². The zero-order chi connectivity index (χ0) is 13.4. The number of nitrogens with zero attached hydrogens (tertiary/aromatic N) is 1. The van der Waals surface area contributed by atoms with Crippen LogP contribution < -0.4 is 0 Å². The average molecular weight is 261 g/mol. The van der Waals surface area contributed by atoms with Gasteiger partial charge in [-0.1, -0.05) is 0 Å². The summed E-state index contributed by atoms with van der Waals surface area (Å²) in [5, 5.41) is 0. The van der Waals surface area contributed by atoms with Gasteiger partial charge in [0, 0.05) is 36.5 Å². The molecule has 1 aliphatic carbocycles. The highest BCUT2D eigenvalue weighted by molar-refractivity contribution is 5.99. The van der Waals surface area contributed by atoms with Crippen molar-refractivity contribution in [1.29, 1.82) is 0 Å². The molecule has 4 heteroatoms. The molecule has 1 aromatic carbocycles. The van der Waals surface area contributed by atoms with Crippen LogP contribution in [-0.2, 0) is 6.54 Å². The molecule has 1 saturated carbocycles. The van der Waals surface area contributed by atoms with Gasteiger partial charge in [0.15, 0.2) is 5.78 Å². The van der Waals surface area contributed by atoms with Crippen LogP contribution in [0.2, 0.25) is 0 Å². The maximum absolute atomic E-state index is 13.1. The Hall–Kier alpha value is -1.97. The first-order valence-corrected chi connectivity index (χ1v) is 6.27. The van der Waals surface area contributed by atoms with E-state index in [2.05, 4.69) is 0 Å². The van der Waals surface area contributed by atoms with Gasteiger partial charge in [0.2, 0.25) is 0 Å². The summed E-state index contributed by atoms with van der Waals surface area (Å²) in [6.45, 7) is 0.354. The molecule has 1 heterocycles. The maximum Gasteiger partial charge on any atom is 0.167 e. The van der Waals surface area contributed by atoms with Gasteiger partial charge in [0.25, 0.3) is 0 Å². The smallest absolute Gasteiger partial charge is 0.167 e. The molecular formula is C15H13F2NO. The summed E-state index contributed by atoms with van der Waals surface area (Å²) in [5.74, 6) is -0.820. The third kappa shape index (κ3) is 2.72. The highest BCUT2D eigenvalue weighted by atomic mass is 19.1. The minimum atomic E-state index is -0.587. The number of benzene rings is 1. The van der Waals surface area contributed by atoms with E-state index in [0.29, 0.717) is 17.7 Å². The molecule has 1 aromatic heterocycles. The molecule has 0 radical (unpaired) electrons. The Bertz CT molecular complexity index is 609. The number of halogens is 2. The van der Waals surface area contributed by atoms with Crippen molar-refractivity contribution >= 4 is 5.78 Å². The quantitative estimate of drug-likeness (QED) is 0.773. The third-order valence-electron chi connectivity index (χ3n) is 3.27. The number of aromatic nitrogens is 1. The van der Waals surface area contributed by atoms with Crippen LogP contribution in [0.3, 0.4) is 0 Å². The van der Waals surface area contributed by atoms with Crippen LogP contribution in [-0.4, -0.2) is 10.4 Å². The topological polar surface area (TPSA) is 22.0 Å². The van der Waals surface area contributed by atoms with E-state index >= 15 is 0 Å². The summed E-state index contributed by atoms with van der Waals surface area (Å²) < 4.78 is 27.9. The highest BCUT2D eigenvalue weighted by Gasteiger charge is 2.30. The first-order chi connectivity index (χ1) is 9.11. The molecule has 0 unspecified atom stereocenters. The molecule has 19 heavy (non-hydrogen) atoms. The van der Waals surface area contributed by atoms with Crippen LogP contribution in [0.15, 0.2) is 36.7 Å². The predicted octanol–water partition coefficient (Wildman–Crippen LogP) is 3.41. The lowest BCUT2D eigenvalue weighted by Gasteiger charge is -2.03. The number of carbonyl (C=O) groups is 1. The second-order valence-electron chi connectivity index (χ2n) is 4.99. The lowest BCUT2D eigenvalue weighted by molar-refractivity contribution is 0.0967. The van der Waals surface area contributed by atoms with E-state index < -0.39 is 11.6 Å². The van der Waals surface area contributed by atoms with Crippen molar-refractivity contribution in [2.75, 3.05) is 0 Å². The molecule has 0 atom stereocenters. The summed E-state index contributed by atoms with van der Waals surface area (Å²) in [6, 6.07) is 5.20. The number of rotatable bonds is 4. The van der Waals surface area contributed by atoms with E-state index in [4.69, 9.17) is 0 Å². The summed E-state index contributed by atoms with van der Waals surface area (Å²) in [7, 11) is 0. The molecule has 3 rings (SSSR count). The Morgan fingerprint density at radius 1 is 1.21 bits per heavy atom. The molecule has 0 N–H and O–H groups in total. The van der Waals surface area contributed by atoms with Crippen LogP contribution in [0.1, 0.15) is 28.8 Å². The molecule has 0 spiro atoms. The van der Waals surface area contributed by atoms with Crippen LogP contribution in [0.25, 0.3) is 0 Å².